The Morgan fingerprint density at radius 1 is 1.50 bits per heavy atom. The number of benzene rings is 1. The molecule has 16 heavy (non-hydrogen) atoms. The van der Waals surface area contributed by atoms with Crippen LogP contribution in [0.25, 0.3) is 0 Å². The van der Waals surface area contributed by atoms with Gasteiger partial charge >= 0.3 is 0 Å². The first kappa shape index (κ1) is 13.7. The third-order valence-electron chi connectivity index (χ3n) is 2.75. The zero-order chi connectivity index (χ0) is 10.8. The molecule has 0 saturated carbocycles. The summed E-state index contributed by atoms with van der Waals surface area (Å²) in [6.07, 6.45) is 0.978. The number of rotatable bonds is 2. The molecule has 0 unspecified atom stereocenters. The van der Waals surface area contributed by atoms with E-state index in [1.54, 1.807) is 12.1 Å². The van der Waals surface area contributed by atoms with Crippen LogP contribution in [-0.4, -0.2) is 24.0 Å². The average Bonchev–Trinajstić information content (AvgIpc) is 2.58. The molecule has 1 atom stereocenters. The van der Waals surface area contributed by atoms with Crippen molar-refractivity contribution in [3.63, 3.8) is 0 Å². The molecule has 1 aliphatic rings. The lowest BCUT2D eigenvalue weighted by Gasteiger charge is -2.16. The van der Waals surface area contributed by atoms with E-state index in [4.69, 9.17) is 17.3 Å². The minimum atomic E-state index is -0.233. The van der Waals surface area contributed by atoms with E-state index in [0.29, 0.717) is 17.1 Å². The average molecular weight is 265 g/mol. The van der Waals surface area contributed by atoms with Gasteiger partial charge in [0.15, 0.2) is 0 Å². The van der Waals surface area contributed by atoms with Crippen LogP contribution in [0.3, 0.4) is 0 Å². The van der Waals surface area contributed by atoms with Gasteiger partial charge in [-0.05, 0) is 18.6 Å². The van der Waals surface area contributed by atoms with Gasteiger partial charge in [-0.1, -0.05) is 17.7 Å². The van der Waals surface area contributed by atoms with Gasteiger partial charge in [-0.25, -0.2) is 4.39 Å². The molecule has 1 saturated heterocycles. The van der Waals surface area contributed by atoms with E-state index in [1.807, 2.05) is 0 Å². The Hall–Kier alpha value is -0.350. The highest BCUT2D eigenvalue weighted by Crippen LogP contribution is 2.22. The number of halogens is 3. The Bertz CT molecular complexity index is 340. The third kappa shape index (κ3) is 3.08. The van der Waals surface area contributed by atoms with Gasteiger partial charge in [-0.3, -0.25) is 4.90 Å². The first-order chi connectivity index (χ1) is 7.16. The van der Waals surface area contributed by atoms with Crippen molar-refractivity contribution in [2.45, 2.75) is 19.0 Å². The molecule has 5 heteroatoms. The van der Waals surface area contributed by atoms with Crippen LogP contribution in [0.5, 0.6) is 0 Å². The fourth-order valence-electron chi connectivity index (χ4n) is 1.91. The maximum Gasteiger partial charge on any atom is 0.129 e. The number of likely N-dealkylation sites (tertiary alicyclic amines) is 1. The van der Waals surface area contributed by atoms with Gasteiger partial charge in [-0.2, -0.15) is 0 Å². The predicted octanol–water partition coefficient (Wildman–Crippen LogP) is 2.43. The van der Waals surface area contributed by atoms with Gasteiger partial charge in [0.05, 0.1) is 0 Å². The maximum atomic E-state index is 13.5. The zero-order valence-electron chi connectivity index (χ0n) is 8.83. The van der Waals surface area contributed by atoms with Crippen molar-refractivity contribution in [2.75, 3.05) is 13.1 Å². The first-order valence-corrected chi connectivity index (χ1v) is 5.45. The summed E-state index contributed by atoms with van der Waals surface area (Å²) in [5, 5.41) is 0.496. The molecule has 0 spiro atoms. The van der Waals surface area contributed by atoms with Crippen LogP contribution >= 0.6 is 24.0 Å². The molecule has 0 radical (unpaired) electrons. The summed E-state index contributed by atoms with van der Waals surface area (Å²) in [7, 11) is 0. The molecule has 1 aromatic carbocycles. The highest BCUT2D eigenvalue weighted by molar-refractivity contribution is 6.31. The van der Waals surface area contributed by atoms with Crippen molar-refractivity contribution in [1.82, 2.24) is 4.90 Å². The molecule has 0 aliphatic carbocycles. The van der Waals surface area contributed by atoms with E-state index in [1.165, 1.54) is 6.07 Å². The van der Waals surface area contributed by atoms with Crippen molar-refractivity contribution in [3.05, 3.63) is 34.6 Å². The van der Waals surface area contributed by atoms with E-state index < -0.39 is 0 Å². The Morgan fingerprint density at radius 2 is 2.25 bits per heavy atom. The van der Waals surface area contributed by atoms with Gasteiger partial charge in [0, 0.05) is 36.3 Å². The Labute approximate surface area is 106 Å². The van der Waals surface area contributed by atoms with Gasteiger partial charge in [0.25, 0.3) is 0 Å². The SMILES string of the molecule is Cl.N[C@@H]1CCN(Cc2c(F)cccc2Cl)C1. The Morgan fingerprint density at radius 3 is 2.81 bits per heavy atom. The van der Waals surface area contributed by atoms with Crippen molar-refractivity contribution in [1.29, 1.82) is 0 Å². The van der Waals surface area contributed by atoms with Gasteiger partial charge in [-0.15, -0.1) is 12.4 Å². The molecule has 1 aliphatic heterocycles. The summed E-state index contributed by atoms with van der Waals surface area (Å²) >= 11 is 5.95. The predicted molar refractivity (Wildman–Crippen MR) is 66.5 cm³/mol. The maximum absolute atomic E-state index is 13.5. The van der Waals surface area contributed by atoms with Crippen molar-refractivity contribution >= 4 is 24.0 Å². The second kappa shape index (κ2) is 5.82. The lowest BCUT2D eigenvalue weighted by Crippen LogP contribution is -2.26. The Balaban J connectivity index is 0.00000128. The van der Waals surface area contributed by atoms with Crippen LogP contribution in [0.4, 0.5) is 4.39 Å². The standard InChI is InChI=1S/C11H14ClFN2.ClH/c12-10-2-1-3-11(13)9(10)7-15-5-4-8(14)6-15;/h1-3,8H,4-7,14H2;1H/t8-;/m1./s1. The fourth-order valence-corrected chi connectivity index (χ4v) is 2.14. The summed E-state index contributed by atoms with van der Waals surface area (Å²) in [4.78, 5) is 2.13. The van der Waals surface area contributed by atoms with E-state index in [0.717, 1.165) is 19.5 Å². The normalized spacial score (nSPS) is 20.8. The topological polar surface area (TPSA) is 29.3 Å². The molecule has 2 nitrogen and oxygen atoms in total. The largest absolute Gasteiger partial charge is 0.326 e. The zero-order valence-corrected chi connectivity index (χ0v) is 10.4. The second-order valence-electron chi connectivity index (χ2n) is 3.98. The molecule has 2 N–H and O–H groups in total. The van der Waals surface area contributed by atoms with Crippen LogP contribution in [0.2, 0.25) is 5.02 Å². The van der Waals surface area contributed by atoms with Crippen LogP contribution in [0, 0.1) is 5.82 Å². The minimum Gasteiger partial charge on any atom is -0.326 e. The van der Waals surface area contributed by atoms with Crippen molar-refractivity contribution < 1.29 is 4.39 Å². The smallest absolute Gasteiger partial charge is 0.129 e. The van der Waals surface area contributed by atoms with Crippen LogP contribution in [0.15, 0.2) is 18.2 Å². The van der Waals surface area contributed by atoms with Gasteiger partial charge in [0.2, 0.25) is 0 Å². The first-order valence-electron chi connectivity index (χ1n) is 5.07. The summed E-state index contributed by atoms with van der Waals surface area (Å²) < 4.78 is 13.5. The number of nitrogens with zero attached hydrogens (tertiary/aromatic N) is 1. The monoisotopic (exact) mass is 264 g/mol. The van der Waals surface area contributed by atoms with E-state index >= 15 is 0 Å². The molecule has 2 rings (SSSR count). The van der Waals surface area contributed by atoms with Crippen molar-refractivity contribution in [3.8, 4) is 0 Å². The van der Waals surface area contributed by atoms with E-state index in [9.17, 15) is 4.39 Å². The highest BCUT2D eigenvalue weighted by Gasteiger charge is 2.20. The molecule has 0 aromatic heterocycles. The second-order valence-corrected chi connectivity index (χ2v) is 4.39. The highest BCUT2D eigenvalue weighted by atomic mass is 35.5. The molecule has 0 bridgehead atoms. The number of nitrogens with two attached hydrogens (primary N) is 1. The number of hydrogen-bond donors (Lipinski definition) is 1. The molecular formula is C11H15Cl2FN2. The third-order valence-corrected chi connectivity index (χ3v) is 3.11. The Kier molecular flexibility index (Phi) is 4.99. The van der Waals surface area contributed by atoms with Crippen molar-refractivity contribution in [2.24, 2.45) is 5.73 Å². The van der Waals surface area contributed by atoms with E-state index in [-0.39, 0.29) is 24.3 Å². The quantitative estimate of drug-likeness (QED) is 0.889. The molecule has 0 amide bonds. The summed E-state index contributed by atoms with van der Waals surface area (Å²) in [6.45, 7) is 2.30. The minimum absolute atomic E-state index is 0. The van der Waals surface area contributed by atoms with Crippen LogP contribution in [0.1, 0.15) is 12.0 Å². The van der Waals surface area contributed by atoms with Gasteiger partial charge in [0.1, 0.15) is 5.82 Å². The fraction of sp³-hybridized carbons (Fsp3) is 0.455. The summed E-state index contributed by atoms with van der Waals surface area (Å²) in [6, 6.07) is 5.00. The van der Waals surface area contributed by atoms with Crippen LogP contribution < -0.4 is 5.73 Å². The van der Waals surface area contributed by atoms with E-state index in [2.05, 4.69) is 4.90 Å². The lowest BCUT2D eigenvalue weighted by molar-refractivity contribution is 0.321. The molecule has 1 heterocycles. The molecule has 90 valence electrons. The lowest BCUT2D eigenvalue weighted by atomic mass is 10.2. The molecule has 1 aromatic rings. The van der Waals surface area contributed by atoms with Crippen LogP contribution in [-0.2, 0) is 6.54 Å². The van der Waals surface area contributed by atoms with Gasteiger partial charge < -0.3 is 5.73 Å². The molecule has 1 fully saturated rings. The number of hydrogen-bond acceptors (Lipinski definition) is 2. The summed E-state index contributed by atoms with van der Waals surface area (Å²) in [5.41, 5.74) is 6.36. The summed E-state index contributed by atoms with van der Waals surface area (Å²) in [5.74, 6) is -0.233. The molecular weight excluding hydrogens is 250 g/mol.